The smallest absolute Gasteiger partial charge is 0.118 e. The Kier molecular flexibility index (Phi) is 3.64. The maximum absolute atomic E-state index is 5.25. The second-order valence-electron chi connectivity index (χ2n) is 5.34. The van der Waals surface area contributed by atoms with E-state index < -0.39 is 0 Å². The number of methoxy groups -OCH3 is 1. The fraction of sp³-hybridized carbons (Fsp3) is 0.500. The fourth-order valence-electron chi connectivity index (χ4n) is 3.59. The van der Waals surface area contributed by atoms with Crippen molar-refractivity contribution in [1.29, 1.82) is 0 Å². The SMILES string of the molecule is COc1ccc(C2=C3CCC[C@H]3C[C@H]2CI)cc1. The minimum Gasteiger partial charge on any atom is -0.497 e. The standard InChI is InChI=1S/C16H19IO/c1-18-14-7-5-11(6-8-14)16-13(10-17)9-12-3-2-4-15(12)16/h5-8,12-13H,2-4,9-10H2,1H3/t12-,13-/m0/s1. The van der Waals surface area contributed by atoms with E-state index in [-0.39, 0.29) is 0 Å². The van der Waals surface area contributed by atoms with Gasteiger partial charge >= 0.3 is 0 Å². The number of alkyl halides is 1. The molecule has 18 heavy (non-hydrogen) atoms. The molecule has 0 heterocycles. The van der Waals surface area contributed by atoms with Gasteiger partial charge in [0, 0.05) is 4.43 Å². The molecule has 2 aliphatic carbocycles. The Labute approximate surface area is 123 Å². The number of hydrogen-bond donors (Lipinski definition) is 0. The molecule has 2 atom stereocenters. The largest absolute Gasteiger partial charge is 0.497 e. The normalized spacial score (nSPS) is 26.6. The average molecular weight is 354 g/mol. The molecule has 96 valence electrons. The Morgan fingerprint density at radius 2 is 2.06 bits per heavy atom. The first kappa shape index (κ1) is 12.5. The van der Waals surface area contributed by atoms with Crippen LogP contribution in [-0.2, 0) is 0 Å². The van der Waals surface area contributed by atoms with E-state index >= 15 is 0 Å². The van der Waals surface area contributed by atoms with Gasteiger partial charge in [0.2, 0.25) is 0 Å². The van der Waals surface area contributed by atoms with E-state index in [0.717, 1.165) is 17.6 Å². The van der Waals surface area contributed by atoms with Gasteiger partial charge < -0.3 is 4.74 Å². The number of hydrogen-bond acceptors (Lipinski definition) is 1. The van der Waals surface area contributed by atoms with Crippen molar-refractivity contribution in [3.05, 3.63) is 35.4 Å². The average Bonchev–Trinajstić information content (AvgIpc) is 2.98. The number of rotatable bonds is 3. The Hall–Kier alpha value is -0.510. The summed E-state index contributed by atoms with van der Waals surface area (Å²) in [6.07, 6.45) is 5.54. The molecule has 2 aliphatic rings. The first-order chi connectivity index (χ1) is 8.83. The summed E-state index contributed by atoms with van der Waals surface area (Å²) >= 11 is 2.55. The van der Waals surface area contributed by atoms with E-state index in [0.29, 0.717) is 0 Å². The van der Waals surface area contributed by atoms with Crippen LogP contribution in [0.1, 0.15) is 31.2 Å². The fourth-order valence-corrected chi connectivity index (χ4v) is 4.39. The van der Waals surface area contributed by atoms with Crippen molar-refractivity contribution in [1.82, 2.24) is 0 Å². The van der Waals surface area contributed by atoms with E-state index in [2.05, 4.69) is 46.9 Å². The maximum atomic E-state index is 5.25. The highest BCUT2D eigenvalue weighted by atomic mass is 127. The molecule has 0 amide bonds. The van der Waals surface area contributed by atoms with Crippen molar-refractivity contribution < 1.29 is 4.74 Å². The summed E-state index contributed by atoms with van der Waals surface area (Å²) in [5.74, 6) is 2.62. The summed E-state index contributed by atoms with van der Waals surface area (Å²) in [5.41, 5.74) is 4.85. The first-order valence-corrected chi connectivity index (χ1v) is 8.29. The Balaban J connectivity index is 1.99. The number of ether oxygens (including phenoxy) is 1. The van der Waals surface area contributed by atoms with Crippen LogP contribution in [0.2, 0.25) is 0 Å². The molecule has 0 radical (unpaired) electrons. The highest BCUT2D eigenvalue weighted by Crippen LogP contribution is 2.50. The van der Waals surface area contributed by atoms with Crippen molar-refractivity contribution in [2.75, 3.05) is 11.5 Å². The molecule has 1 aromatic carbocycles. The number of fused-ring (bicyclic) bond motifs is 1. The van der Waals surface area contributed by atoms with E-state index in [1.54, 1.807) is 18.3 Å². The second kappa shape index (κ2) is 5.24. The summed E-state index contributed by atoms with van der Waals surface area (Å²) in [7, 11) is 1.73. The lowest BCUT2D eigenvalue weighted by Gasteiger charge is -2.14. The number of benzene rings is 1. The zero-order valence-electron chi connectivity index (χ0n) is 10.8. The molecule has 0 N–H and O–H groups in total. The van der Waals surface area contributed by atoms with Gasteiger partial charge in [-0.1, -0.05) is 40.3 Å². The predicted molar refractivity (Wildman–Crippen MR) is 84.2 cm³/mol. The van der Waals surface area contributed by atoms with Crippen LogP contribution in [-0.4, -0.2) is 11.5 Å². The number of halogens is 1. The van der Waals surface area contributed by atoms with Gasteiger partial charge in [-0.2, -0.15) is 0 Å². The van der Waals surface area contributed by atoms with Gasteiger partial charge in [0.1, 0.15) is 5.75 Å². The molecule has 1 nitrogen and oxygen atoms in total. The van der Waals surface area contributed by atoms with Gasteiger partial charge in [-0.15, -0.1) is 0 Å². The maximum Gasteiger partial charge on any atom is 0.118 e. The van der Waals surface area contributed by atoms with Gasteiger partial charge in [0.25, 0.3) is 0 Å². The van der Waals surface area contributed by atoms with Gasteiger partial charge in [-0.05, 0) is 60.8 Å². The zero-order valence-corrected chi connectivity index (χ0v) is 12.9. The van der Waals surface area contributed by atoms with Crippen LogP contribution in [0.3, 0.4) is 0 Å². The molecular weight excluding hydrogens is 335 g/mol. The van der Waals surface area contributed by atoms with E-state index in [4.69, 9.17) is 4.74 Å². The Morgan fingerprint density at radius 3 is 2.72 bits per heavy atom. The van der Waals surface area contributed by atoms with Crippen LogP contribution in [0.4, 0.5) is 0 Å². The summed E-state index contributed by atoms with van der Waals surface area (Å²) in [4.78, 5) is 0. The van der Waals surface area contributed by atoms with Crippen LogP contribution in [0, 0.1) is 11.8 Å². The minimum atomic E-state index is 0.777. The molecule has 0 aromatic heterocycles. The third kappa shape index (κ3) is 2.09. The van der Waals surface area contributed by atoms with Crippen molar-refractivity contribution in [2.45, 2.75) is 25.7 Å². The van der Waals surface area contributed by atoms with E-state index in [9.17, 15) is 0 Å². The highest BCUT2D eigenvalue weighted by Gasteiger charge is 2.35. The highest BCUT2D eigenvalue weighted by molar-refractivity contribution is 14.1. The van der Waals surface area contributed by atoms with Crippen molar-refractivity contribution in [3.63, 3.8) is 0 Å². The lowest BCUT2D eigenvalue weighted by atomic mass is 9.94. The topological polar surface area (TPSA) is 9.23 Å². The third-order valence-electron chi connectivity index (χ3n) is 4.40. The predicted octanol–water partition coefficient (Wildman–Crippen LogP) is 4.70. The monoisotopic (exact) mass is 354 g/mol. The van der Waals surface area contributed by atoms with Gasteiger partial charge in [0.15, 0.2) is 0 Å². The Morgan fingerprint density at radius 1 is 1.28 bits per heavy atom. The molecule has 0 spiro atoms. The number of allylic oxidation sites excluding steroid dienone is 2. The van der Waals surface area contributed by atoms with Crippen LogP contribution in [0.15, 0.2) is 29.8 Å². The molecule has 1 saturated carbocycles. The Bertz CT molecular complexity index is 460. The molecule has 0 bridgehead atoms. The van der Waals surface area contributed by atoms with E-state index in [1.807, 2.05) is 0 Å². The van der Waals surface area contributed by atoms with Crippen LogP contribution in [0.25, 0.3) is 5.57 Å². The molecule has 3 rings (SSSR count). The van der Waals surface area contributed by atoms with E-state index in [1.165, 1.54) is 35.7 Å². The summed E-state index contributed by atoms with van der Waals surface area (Å²) in [6, 6.07) is 8.66. The van der Waals surface area contributed by atoms with Crippen LogP contribution >= 0.6 is 22.6 Å². The van der Waals surface area contributed by atoms with Crippen molar-refractivity contribution in [2.24, 2.45) is 11.8 Å². The quantitative estimate of drug-likeness (QED) is 0.565. The first-order valence-electron chi connectivity index (χ1n) is 6.76. The van der Waals surface area contributed by atoms with Crippen LogP contribution < -0.4 is 4.74 Å². The lowest BCUT2D eigenvalue weighted by molar-refractivity contribution is 0.415. The van der Waals surface area contributed by atoms with Gasteiger partial charge in [-0.25, -0.2) is 0 Å². The molecular formula is C16H19IO. The summed E-state index contributed by atoms with van der Waals surface area (Å²) in [6.45, 7) is 0. The zero-order chi connectivity index (χ0) is 12.5. The molecule has 0 saturated heterocycles. The van der Waals surface area contributed by atoms with Crippen LogP contribution in [0.5, 0.6) is 5.75 Å². The van der Waals surface area contributed by atoms with Gasteiger partial charge in [-0.3, -0.25) is 0 Å². The molecule has 1 aromatic rings. The molecule has 2 heteroatoms. The second-order valence-corrected chi connectivity index (χ2v) is 6.22. The van der Waals surface area contributed by atoms with Gasteiger partial charge in [0.05, 0.1) is 7.11 Å². The summed E-state index contributed by atoms with van der Waals surface area (Å²) in [5, 5.41) is 0. The lowest BCUT2D eigenvalue weighted by Crippen LogP contribution is -2.02. The molecule has 0 aliphatic heterocycles. The summed E-state index contributed by atoms with van der Waals surface area (Å²) < 4.78 is 6.50. The molecule has 1 fully saturated rings. The molecule has 0 unspecified atom stereocenters. The van der Waals surface area contributed by atoms with Crippen molar-refractivity contribution in [3.8, 4) is 5.75 Å². The third-order valence-corrected chi connectivity index (χ3v) is 5.47. The minimum absolute atomic E-state index is 0.777. The van der Waals surface area contributed by atoms with Crippen molar-refractivity contribution >= 4 is 28.2 Å².